The van der Waals surface area contributed by atoms with Crippen LogP contribution in [-0.2, 0) is 7.05 Å². The summed E-state index contributed by atoms with van der Waals surface area (Å²) in [6, 6.07) is 18.0. The van der Waals surface area contributed by atoms with Crippen LogP contribution in [-0.4, -0.2) is 10.5 Å². The molecule has 27 heavy (non-hydrogen) atoms. The fourth-order valence-electron chi connectivity index (χ4n) is 3.10. The van der Waals surface area contributed by atoms with Crippen molar-refractivity contribution in [3.05, 3.63) is 86.2 Å². The van der Waals surface area contributed by atoms with Gasteiger partial charge in [-0.25, -0.2) is 0 Å². The van der Waals surface area contributed by atoms with Crippen molar-refractivity contribution < 1.29 is 4.79 Å². The molecule has 0 spiro atoms. The molecule has 4 aromatic rings. The second-order valence-electron chi connectivity index (χ2n) is 6.07. The van der Waals surface area contributed by atoms with E-state index in [4.69, 9.17) is 11.6 Å². The fourth-order valence-corrected chi connectivity index (χ4v) is 3.84. The summed E-state index contributed by atoms with van der Waals surface area (Å²) in [6.07, 6.45) is 0. The van der Waals surface area contributed by atoms with Gasteiger partial charge in [0, 0.05) is 17.5 Å². The van der Waals surface area contributed by atoms with E-state index in [2.05, 4.69) is 5.32 Å². The molecule has 1 N–H and O–H groups in total. The minimum Gasteiger partial charge on any atom is -0.330 e. The van der Waals surface area contributed by atoms with Crippen LogP contribution in [0.3, 0.4) is 0 Å². The molecule has 2 aromatic carbocycles. The minimum absolute atomic E-state index is 0.132. The highest BCUT2D eigenvalue weighted by molar-refractivity contribution is 7.12. The summed E-state index contributed by atoms with van der Waals surface area (Å²) >= 11 is 7.36. The number of fused-ring (bicyclic) bond motifs is 1. The Morgan fingerprint density at radius 1 is 1.04 bits per heavy atom. The van der Waals surface area contributed by atoms with Gasteiger partial charge < -0.3 is 9.88 Å². The van der Waals surface area contributed by atoms with Gasteiger partial charge in [-0.2, -0.15) is 0 Å². The quantitative estimate of drug-likeness (QED) is 0.521. The van der Waals surface area contributed by atoms with Crippen molar-refractivity contribution in [2.45, 2.75) is 0 Å². The van der Waals surface area contributed by atoms with E-state index < -0.39 is 0 Å². The van der Waals surface area contributed by atoms with E-state index in [-0.39, 0.29) is 11.3 Å². The first-order valence-corrected chi connectivity index (χ1v) is 9.54. The summed E-state index contributed by atoms with van der Waals surface area (Å²) in [5.74, 6) is 0.213. The Morgan fingerprint density at radius 3 is 2.48 bits per heavy atom. The first-order chi connectivity index (χ1) is 13.1. The Balaban J connectivity index is 1.98. The van der Waals surface area contributed by atoms with E-state index in [0.29, 0.717) is 32.2 Å². The number of halogens is 1. The standard InChI is InChI=1S/C21H15ClN2O2S/c1-24-16-6-3-2-5-15(16)19(25)18(13-8-10-14(22)11-9-13)20(24)23-21(26)17-7-4-12-27-17/h2-12H,1H3,(H,23,26). The molecule has 0 saturated heterocycles. The molecule has 6 heteroatoms. The first kappa shape index (κ1) is 17.5. The summed E-state index contributed by atoms with van der Waals surface area (Å²) in [7, 11) is 1.84. The predicted molar refractivity (Wildman–Crippen MR) is 112 cm³/mol. The van der Waals surface area contributed by atoms with Crippen LogP contribution < -0.4 is 10.7 Å². The highest BCUT2D eigenvalue weighted by Crippen LogP contribution is 2.29. The number of amides is 1. The Morgan fingerprint density at radius 2 is 1.78 bits per heavy atom. The number of hydrogen-bond donors (Lipinski definition) is 1. The molecule has 4 rings (SSSR count). The van der Waals surface area contributed by atoms with E-state index in [1.54, 1.807) is 36.4 Å². The highest BCUT2D eigenvalue weighted by Gasteiger charge is 2.19. The number of pyridine rings is 1. The molecule has 2 heterocycles. The smallest absolute Gasteiger partial charge is 0.266 e. The fraction of sp³-hybridized carbons (Fsp3) is 0.0476. The highest BCUT2D eigenvalue weighted by atomic mass is 35.5. The molecule has 0 aliphatic heterocycles. The van der Waals surface area contributed by atoms with Crippen LogP contribution in [0.1, 0.15) is 9.67 Å². The maximum Gasteiger partial charge on any atom is 0.266 e. The van der Waals surface area contributed by atoms with E-state index in [9.17, 15) is 9.59 Å². The average Bonchev–Trinajstić information content (AvgIpc) is 3.22. The van der Waals surface area contributed by atoms with Gasteiger partial charge in [0.05, 0.1) is 16.0 Å². The molecule has 0 saturated carbocycles. The van der Waals surface area contributed by atoms with Gasteiger partial charge in [0.2, 0.25) is 0 Å². The Bertz CT molecular complexity index is 1200. The van der Waals surface area contributed by atoms with E-state index in [1.807, 2.05) is 41.3 Å². The van der Waals surface area contributed by atoms with Crippen LogP contribution in [0.2, 0.25) is 5.02 Å². The van der Waals surface area contributed by atoms with Crippen LogP contribution >= 0.6 is 22.9 Å². The summed E-state index contributed by atoms with van der Waals surface area (Å²) in [6.45, 7) is 0. The van der Waals surface area contributed by atoms with Gasteiger partial charge in [-0.15, -0.1) is 11.3 Å². The largest absolute Gasteiger partial charge is 0.330 e. The maximum atomic E-state index is 13.3. The van der Waals surface area contributed by atoms with Crippen molar-refractivity contribution in [3.63, 3.8) is 0 Å². The number of rotatable bonds is 3. The Labute approximate surface area is 164 Å². The molecule has 0 unspecified atom stereocenters. The molecule has 0 fully saturated rings. The van der Waals surface area contributed by atoms with Crippen LogP contribution in [0.5, 0.6) is 0 Å². The monoisotopic (exact) mass is 394 g/mol. The number of para-hydroxylation sites is 1. The number of hydrogen-bond acceptors (Lipinski definition) is 3. The number of benzene rings is 2. The lowest BCUT2D eigenvalue weighted by atomic mass is 10.0. The third-order valence-electron chi connectivity index (χ3n) is 4.42. The van der Waals surface area contributed by atoms with Crippen LogP contribution in [0.25, 0.3) is 22.0 Å². The molecular formula is C21H15ClN2O2S. The Kier molecular flexibility index (Phi) is 4.56. The second-order valence-corrected chi connectivity index (χ2v) is 7.45. The van der Waals surface area contributed by atoms with Gasteiger partial charge >= 0.3 is 0 Å². The van der Waals surface area contributed by atoms with Gasteiger partial charge in [-0.3, -0.25) is 9.59 Å². The van der Waals surface area contributed by atoms with Crippen molar-refractivity contribution in [2.75, 3.05) is 5.32 Å². The molecule has 4 nitrogen and oxygen atoms in total. The summed E-state index contributed by atoms with van der Waals surface area (Å²) in [5, 5.41) is 5.95. The third-order valence-corrected chi connectivity index (χ3v) is 5.54. The van der Waals surface area contributed by atoms with Crippen molar-refractivity contribution in [1.82, 2.24) is 4.57 Å². The molecule has 0 radical (unpaired) electrons. The molecule has 0 atom stereocenters. The first-order valence-electron chi connectivity index (χ1n) is 8.29. The minimum atomic E-state index is -0.245. The van der Waals surface area contributed by atoms with Crippen LogP contribution in [0.15, 0.2) is 70.8 Å². The lowest BCUT2D eigenvalue weighted by molar-refractivity contribution is 0.103. The number of aryl methyl sites for hydroxylation is 1. The second kappa shape index (κ2) is 7.02. The van der Waals surface area contributed by atoms with E-state index >= 15 is 0 Å². The van der Waals surface area contributed by atoms with Gasteiger partial charge in [-0.1, -0.05) is 41.9 Å². The number of aromatic nitrogens is 1. The molecule has 134 valence electrons. The van der Waals surface area contributed by atoms with Gasteiger partial charge in [0.25, 0.3) is 5.91 Å². The zero-order valence-corrected chi connectivity index (χ0v) is 16.0. The number of nitrogens with zero attached hydrogens (tertiary/aromatic N) is 1. The van der Waals surface area contributed by atoms with Gasteiger partial charge in [-0.05, 0) is 41.3 Å². The van der Waals surface area contributed by atoms with Crippen LogP contribution in [0, 0.1) is 0 Å². The lowest BCUT2D eigenvalue weighted by Gasteiger charge is -2.18. The molecular weight excluding hydrogens is 380 g/mol. The predicted octanol–water partition coefficient (Wildman–Crippen LogP) is 5.17. The lowest BCUT2D eigenvalue weighted by Crippen LogP contribution is -2.20. The normalized spacial score (nSPS) is 10.9. The number of carbonyl (C=O) groups excluding carboxylic acids is 1. The zero-order chi connectivity index (χ0) is 19.0. The van der Waals surface area contributed by atoms with Gasteiger partial charge in [0.15, 0.2) is 5.43 Å². The van der Waals surface area contributed by atoms with Crippen molar-refractivity contribution >= 4 is 45.6 Å². The number of carbonyl (C=O) groups is 1. The summed E-state index contributed by atoms with van der Waals surface area (Å²) in [5.41, 5.74) is 1.76. The number of nitrogens with one attached hydrogen (secondary N) is 1. The SMILES string of the molecule is Cn1c(NC(=O)c2cccs2)c(-c2ccc(Cl)cc2)c(=O)c2ccccc21. The molecule has 2 aromatic heterocycles. The van der Waals surface area contributed by atoms with Crippen molar-refractivity contribution in [1.29, 1.82) is 0 Å². The summed E-state index contributed by atoms with van der Waals surface area (Å²) < 4.78 is 1.84. The molecule has 0 bridgehead atoms. The topological polar surface area (TPSA) is 51.1 Å². The van der Waals surface area contributed by atoms with E-state index in [1.165, 1.54) is 11.3 Å². The van der Waals surface area contributed by atoms with Crippen molar-refractivity contribution in [3.8, 4) is 11.1 Å². The van der Waals surface area contributed by atoms with E-state index in [0.717, 1.165) is 5.52 Å². The summed E-state index contributed by atoms with van der Waals surface area (Å²) in [4.78, 5) is 26.5. The number of anilines is 1. The molecule has 0 aliphatic rings. The zero-order valence-electron chi connectivity index (χ0n) is 14.4. The molecule has 0 aliphatic carbocycles. The molecule has 1 amide bonds. The number of thiophene rings is 1. The van der Waals surface area contributed by atoms with Crippen molar-refractivity contribution in [2.24, 2.45) is 7.05 Å². The average molecular weight is 395 g/mol. The van der Waals surface area contributed by atoms with Crippen LogP contribution in [0.4, 0.5) is 5.82 Å². The Hall–Kier alpha value is -2.89. The maximum absolute atomic E-state index is 13.3. The van der Waals surface area contributed by atoms with Gasteiger partial charge in [0.1, 0.15) is 5.82 Å². The third kappa shape index (κ3) is 3.16.